The van der Waals surface area contributed by atoms with E-state index in [2.05, 4.69) is 0 Å². The lowest BCUT2D eigenvalue weighted by Gasteiger charge is -2.15. The summed E-state index contributed by atoms with van der Waals surface area (Å²) in [4.78, 5) is 11.5. The molecule has 1 amide bonds. The molecule has 0 radical (unpaired) electrons. The molecule has 19 heavy (non-hydrogen) atoms. The van der Waals surface area contributed by atoms with Crippen LogP contribution in [0.15, 0.2) is 23.1 Å². The van der Waals surface area contributed by atoms with Crippen LogP contribution in [0, 0.1) is 0 Å². The van der Waals surface area contributed by atoms with Crippen LogP contribution in [0.2, 0.25) is 0 Å². The molecule has 1 aromatic carbocycles. The molecular weight excluding hydrogens is 285 g/mol. The van der Waals surface area contributed by atoms with Gasteiger partial charge in [0, 0.05) is 12.2 Å². The van der Waals surface area contributed by atoms with Crippen LogP contribution in [0.25, 0.3) is 0 Å². The first kappa shape index (κ1) is 13.7. The van der Waals surface area contributed by atoms with E-state index >= 15 is 0 Å². The maximum Gasteiger partial charge on any atom is 0.390 e. The highest BCUT2D eigenvalue weighted by Crippen LogP contribution is 2.32. The Balaban J connectivity index is 2.38. The molecule has 0 aliphatic carbocycles. The molecule has 1 heterocycles. The van der Waals surface area contributed by atoms with Crippen LogP contribution in [0.3, 0.4) is 0 Å². The largest absolute Gasteiger partial charge is 0.399 e. The van der Waals surface area contributed by atoms with Crippen molar-refractivity contribution in [3.63, 3.8) is 0 Å². The van der Waals surface area contributed by atoms with E-state index in [4.69, 9.17) is 5.73 Å². The summed E-state index contributed by atoms with van der Waals surface area (Å²) < 4.78 is 60.5. The van der Waals surface area contributed by atoms with Gasteiger partial charge in [-0.15, -0.1) is 0 Å². The molecule has 0 spiro atoms. The van der Waals surface area contributed by atoms with Crippen LogP contribution in [0.1, 0.15) is 16.8 Å². The molecule has 104 valence electrons. The molecule has 0 fully saturated rings. The number of nitrogens with zero attached hydrogens (tertiary/aromatic N) is 1. The average Bonchev–Trinajstić information content (AvgIpc) is 2.43. The van der Waals surface area contributed by atoms with Crippen LogP contribution >= 0.6 is 0 Å². The first-order chi connectivity index (χ1) is 8.63. The molecule has 0 atom stereocenters. The molecule has 2 rings (SSSR count). The number of sulfonamides is 1. The number of nitrogens with two attached hydrogens (primary N) is 1. The van der Waals surface area contributed by atoms with E-state index in [0.717, 1.165) is 12.1 Å². The minimum Gasteiger partial charge on any atom is -0.399 e. The van der Waals surface area contributed by atoms with Crippen LogP contribution in [0.4, 0.5) is 18.9 Å². The van der Waals surface area contributed by atoms with Gasteiger partial charge in [0.05, 0.1) is 12.0 Å². The molecular formula is C10H9F3N2O3S. The Labute approximate surface area is 106 Å². The van der Waals surface area contributed by atoms with Crippen LogP contribution in [0.5, 0.6) is 0 Å². The second kappa shape index (κ2) is 4.12. The monoisotopic (exact) mass is 294 g/mol. The Kier molecular flexibility index (Phi) is 2.96. The van der Waals surface area contributed by atoms with E-state index in [1.54, 1.807) is 0 Å². The molecule has 0 unspecified atom stereocenters. The summed E-state index contributed by atoms with van der Waals surface area (Å²) in [6.07, 6.45) is -5.93. The van der Waals surface area contributed by atoms with Gasteiger partial charge in [-0.2, -0.15) is 13.2 Å². The molecule has 2 N–H and O–H groups in total. The first-order valence-electron chi connectivity index (χ1n) is 5.16. The number of hydrogen-bond acceptors (Lipinski definition) is 4. The SMILES string of the molecule is Nc1ccc2c(c1)C(=O)N(CCC(F)(F)F)S2(=O)=O. The number of anilines is 1. The van der Waals surface area contributed by atoms with E-state index in [1.807, 2.05) is 0 Å². The molecule has 0 saturated carbocycles. The smallest absolute Gasteiger partial charge is 0.390 e. The van der Waals surface area contributed by atoms with Crippen molar-refractivity contribution < 1.29 is 26.4 Å². The summed E-state index contributed by atoms with van der Waals surface area (Å²) >= 11 is 0. The summed E-state index contributed by atoms with van der Waals surface area (Å²) in [5.41, 5.74) is 5.40. The van der Waals surface area contributed by atoms with E-state index in [9.17, 15) is 26.4 Å². The maximum atomic E-state index is 12.1. The van der Waals surface area contributed by atoms with Gasteiger partial charge in [-0.1, -0.05) is 0 Å². The number of alkyl halides is 3. The fourth-order valence-corrected chi connectivity index (χ4v) is 3.30. The Morgan fingerprint density at radius 1 is 1.26 bits per heavy atom. The van der Waals surface area contributed by atoms with Crippen molar-refractivity contribution >= 4 is 21.6 Å². The van der Waals surface area contributed by atoms with Gasteiger partial charge in [0.1, 0.15) is 4.90 Å². The normalized spacial score (nSPS) is 17.6. The van der Waals surface area contributed by atoms with E-state index in [-0.39, 0.29) is 20.5 Å². The number of carbonyl (C=O) groups excluding carboxylic acids is 1. The van der Waals surface area contributed by atoms with Crippen molar-refractivity contribution in [2.24, 2.45) is 0 Å². The molecule has 9 heteroatoms. The zero-order chi connectivity index (χ0) is 14.4. The quantitative estimate of drug-likeness (QED) is 0.835. The summed E-state index contributed by atoms with van der Waals surface area (Å²) in [6.45, 7) is -0.931. The lowest BCUT2D eigenvalue weighted by Crippen LogP contribution is -2.33. The highest BCUT2D eigenvalue weighted by atomic mass is 32.2. The van der Waals surface area contributed by atoms with Gasteiger partial charge in [0.25, 0.3) is 15.9 Å². The molecule has 5 nitrogen and oxygen atoms in total. The van der Waals surface area contributed by atoms with E-state index < -0.39 is 35.1 Å². The molecule has 0 aromatic heterocycles. The summed E-state index contributed by atoms with van der Waals surface area (Å²) in [7, 11) is -4.21. The van der Waals surface area contributed by atoms with Crippen molar-refractivity contribution in [3.05, 3.63) is 23.8 Å². The highest BCUT2D eigenvalue weighted by Gasteiger charge is 2.42. The van der Waals surface area contributed by atoms with Gasteiger partial charge in [-0.3, -0.25) is 4.79 Å². The third-order valence-corrected chi connectivity index (χ3v) is 4.47. The van der Waals surface area contributed by atoms with Crippen molar-refractivity contribution in [2.45, 2.75) is 17.5 Å². The topological polar surface area (TPSA) is 80.5 Å². The first-order valence-corrected chi connectivity index (χ1v) is 6.60. The maximum absolute atomic E-state index is 12.1. The van der Waals surface area contributed by atoms with Gasteiger partial charge in [-0.05, 0) is 18.2 Å². The van der Waals surface area contributed by atoms with Crippen molar-refractivity contribution in [1.29, 1.82) is 0 Å². The van der Waals surface area contributed by atoms with Crippen LogP contribution < -0.4 is 5.73 Å². The van der Waals surface area contributed by atoms with E-state index in [0.29, 0.717) is 0 Å². The number of rotatable bonds is 2. The fourth-order valence-electron chi connectivity index (χ4n) is 1.75. The molecule has 1 aliphatic heterocycles. The summed E-state index contributed by atoms with van der Waals surface area (Å²) in [5, 5.41) is 0. The average molecular weight is 294 g/mol. The van der Waals surface area contributed by atoms with Gasteiger partial charge >= 0.3 is 6.18 Å². The molecule has 1 aliphatic rings. The molecule has 0 bridgehead atoms. The second-order valence-electron chi connectivity index (χ2n) is 4.00. The van der Waals surface area contributed by atoms with Crippen molar-refractivity contribution in [1.82, 2.24) is 4.31 Å². The molecule has 1 aromatic rings. The number of halogens is 3. The number of nitrogen functional groups attached to an aromatic ring is 1. The van der Waals surface area contributed by atoms with Crippen LogP contribution in [-0.2, 0) is 10.0 Å². The highest BCUT2D eigenvalue weighted by molar-refractivity contribution is 7.90. The Bertz CT molecular complexity index is 640. The number of benzene rings is 1. The zero-order valence-corrected chi connectivity index (χ0v) is 10.3. The van der Waals surface area contributed by atoms with Crippen LogP contribution in [-0.4, -0.2) is 31.4 Å². The van der Waals surface area contributed by atoms with E-state index in [1.165, 1.54) is 6.07 Å². The number of carbonyl (C=O) groups is 1. The third-order valence-electron chi connectivity index (χ3n) is 2.63. The summed E-state index contributed by atoms with van der Waals surface area (Å²) in [5.74, 6) is -0.980. The van der Waals surface area contributed by atoms with Gasteiger partial charge in [0.2, 0.25) is 0 Å². The predicted molar refractivity (Wildman–Crippen MR) is 59.7 cm³/mol. The van der Waals surface area contributed by atoms with Gasteiger partial charge in [-0.25, -0.2) is 12.7 Å². The molecule has 0 saturated heterocycles. The van der Waals surface area contributed by atoms with Crippen molar-refractivity contribution in [3.8, 4) is 0 Å². The summed E-state index contributed by atoms with van der Waals surface area (Å²) in [6, 6.07) is 3.53. The lowest BCUT2D eigenvalue weighted by molar-refractivity contribution is -0.134. The minimum absolute atomic E-state index is 0.167. The number of fused-ring (bicyclic) bond motifs is 1. The van der Waals surface area contributed by atoms with Gasteiger partial charge in [0.15, 0.2) is 0 Å². The predicted octanol–water partition coefficient (Wildman–Crippen LogP) is 1.37. The Hall–Kier alpha value is -1.77. The number of amides is 1. The van der Waals surface area contributed by atoms with Gasteiger partial charge < -0.3 is 5.73 Å². The Morgan fingerprint density at radius 2 is 1.89 bits per heavy atom. The van der Waals surface area contributed by atoms with Crippen molar-refractivity contribution in [2.75, 3.05) is 12.3 Å². The minimum atomic E-state index is -4.54. The second-order valence-corrected chi connectivity index (χ2v) is 5.83. The fraction of sp³-hybridized carbons (Fsp3) is 0.300. The number of hydrogen-bond donors (Lipinski definition) is 1. The Morgan fingerprint density at radius 3 is 2.47 bits per heavy atom. The zero-order valence-electron chi connectivity index (χ0n) is 9.44. The third kappa shape index (κ3) is 2.37. The standard InChI is InChI=1S/C10H9F3N2O3S/c11-10(12,13)3-4-15-9(16)7-5-6(14)1-2-8(7)19(15,17)18/h1-2,5H,3-4,14H2. The lowest BCUT2D eigenvalue weighted by atomic mass is 10.2.